The third-order valence-corrected chi connectivity index (χ3v) is 41.6. The highest BCUT2D eigenvalue weighted by Crippen LogP contribution is 2.53. The minimum atomic E-state index is -3.22. The van der Waals surface area contributed by atoms with E-state index in [2.05, 4.69) is 145 Å². The first-order valence-electron chi connectivity index (χ1n) is 23.3. The fourth-order valence-corrected chi connectivity index (χ4v) is 44.1. The predicted octanol–water partition coefficient (Wildman–Crippen LogP) is 16.5. The van der Waals surface area contributed by atoms with Gasteiger partial charge in [0.05, 0.1) is 0 Å². The molecule has 0 saturated carbocycles. The molecule has 0 bridgehead atoms. The number of rotatable bonds is 32. The van der Waals surface area contributed by atoms with Crippen LogP contribution in [0.1, 0.15) is 203 Å². The Morgan fingerprint density at radius 3 is 0.722 bits per heavy atom. The molecule has 5 nitrogen and oxygen atoms in total. The van der Waals surface area contributed by atoms with Crippen molar-refractivity contribution in [2.24, 2.45) is 0 Å². The van der Waals surface area contributed by atoms with E-state index in [1.54, 1.807) is 0 Å². The van der Waals surface area contributed by atoms with Gasteiger partial charge in [-0.1, -0.05) is 182 Å². The van der Waals surface area contributed by atoms with Crippen LogP contribution >= 0.6 is 0 Å². The molecular weight excluding hydrogens is 749 g/mol. The van der Waals surface area contributed by atoms with E-state index in [9.17, 15) is 0 Å². The van der Waals surface area contributed by atoms with Crippen LogP contribution in [0.15, 0.2) is 0 Å². The lowest BCUT2D eigenvalue weighted by Crippen LogP contribution is -2.69. The van der Waals surface area contributed by atoms with Crippen LogP contribution < -0.4 is 0 Å². The van der Waals surface area contributed by atoms with E-state index in [1.165, 1.54) is 57.8 Å². The molecule has 0 atom stereocenters. The van der Waals surface area contributed by atoms with Gasteiger partial charge in [0.2, 0.25) is 0 Å². The zero-order valence-electron chi connectivity index (χ0n) is 40.6. The molecule has 326 valence electrons. The first kappa shape index (κ1) is 54.9. The van der Waals surface area contributed by atoms with E-state index in [1.807, 2.05) is 0 Å². The summed E-state index contributed by atoms with van der Waals surface area (Å²) >= 11 is 0. The summed E-state index contributed by atoms with van der Waals surface area (Å²) in [4.78, 5) is 0. The van der Waals surface area contributed by atoms with Crippen molar-refractivity contribution in [2.45, 2.75) is 271 Å². The van der Waals surface area contributed by atoms with Gasteiger partial charge in [0.15, 0.2) is 25.0 Å². The van der Waals surface area contributed by atoms with Crippen molar-refractivity contribution in [3.63, 3.8) is 0 Å². The Kier molecular flexibility index (Phi) is 25.9. The second-order valence-corrected chi connectivity index (χ2v) is 43.2. The Bertz CT molecular complexity index is 814. The summed E-state index contributed by atoms with van der Waals surface area (Å²) in [6.45, 7) is 52.0. The molecular formula is C44H100O5Si5. The van der Waals surface area contributed by atoms with Gasteiger partial charge in [0.1, 0.15) is 0 Å². The van der Waals surface area contributed by atoms with Gasteiger partial charge in [0, 0.05) is 19.3 Å². The van der Waals surface area contributed by atoms with Crippen molar-refractivity contribution in [1.82, 2.24) is 0 Å². The predicted molar refractivity (Wildman–Crippen MR) is 253 cm³/mol. The van der Waals surface area contributed by atoms with Gasteiger partial charge in [-0.3, -0.25) is 0 Å². The Morgan fingerprint density at radius 1 is 0.315 bits per heavy atom. The van der Waals surface area contributed by atoms with E-state index < -0.39 is 42.3 Å². The molecule has 0 amide bonds. The molecule has 0 aliphatic carbocycles. The molecule has 0 unspecified atom stereocenters. The smallest absolute Gasteiger partial charge is 0.415 e. The van der Waals surface area contributed by atoms with E-state index >= 15 is 0 Å². The monoisotopic (exact) mass is 849 g/mol. The van der Waals surface area contributed by atoms with Crippen molar-refractivity contribution in [2.75, 3.05) is 13.2 Å². The molecule has 0 saturated heterocycles. The first-order valence-corrected chi connectivity index (χ1v) is 34.2. The van der Waals surface area contributed by atoms with Crippen molar-refractivity contribution in [3.8, 4) is 0 Å². The molecule has 0 aromatic carbocycles. The fraction of sp³-hybridized carbons (Fsp3) is 1.00. The van der Waals surface area contributed by atoms with E-state index in [0.717, 1.165) is 31.7 Å². The maximum atomic E-state index is 8.25. The van der Waals surface area contributed by atoms with Crippen molar-refractivity contribution in [1.29, 1.82) is 0 Å². The molecule has 0 aliphatic rings. The quantitative estimate of drug-likeness (QED) is 0.0498. The lowest BCUT2D eigenvalue weighted by molar-refractivity contribution is 0.188. The average molecular weight is 850 g/mol. The summed E-state index contributed by atoms with van der Waals surface area (Å²) in [5.41, 5.74) is 4.37. The Hall–Kier alpha value is 0.884. The fourth-order valence-electron chi connectivity index (χ4n) is 11.1. The van der Waals surface area contributed by atoms with Crippen LogP contribution in [0.2, 0.25) is 68.5 Å². The number of hydrogen-bond acceptors (Lipinski definition) is 5. The summed E-state index contributed by atoms with van der Waals surface area (Å²) in [6.07, 6.45) is 12.9. The largest absolute Gasteiger partial charge is 0.469 e. The maximum Gasteiger partial charge on any atom is 0.469 e. The molecule has 54 heavy (non-hydrogen) atoms. The van der Waals surface area contributed by atoms with Gasteiger partial charge in [-0.15, -0.1) is 0 Å². The Labute approximate surface area is 346 Å². The standard InChI is InChI=1S/C44H100O5Si5/c1-22-45-50(21,46-23-2)34-32-30-28-26-24-25-27-29-31-33-35-51(47-52(36(3)4,37(5)6)38(7)8,48-53(39(9)10,40(11)12)41(13)14)49-54(42(15)16,43(17)18)44(19)20/h36-44H,22-35H2,1-21H3. The number of hydrogen-bond donors (Lipinski definition) is 0. The third kappa shape index (κ3) is 14.9. The molecule has 10 heteroatoms. The second-order valence-electron chi connectivity index (χ2n) is 20.0. The van der Waals surface area contributed by atoms with Gasteiger partial charge < -0.3 is 21.2 Å². The summed E-state index contributed by atoms with van der Waals surface area (Å²) in [6, 6.07) is 2.09. The van der Waals surface area contributed by atoms with E-state index in [0.29, 0.717) is 49.9 Å². The third-order valence-electron chi connectivity index (χ3n) is 13.4. The van der Waals surface area contributed by atoms with Gasteiger partial charge in [-0.25, -0.2) is 0 Å². The number of unbranched alkanes of at least 4 members (excludes halogenated alkanes) is 9. The van der Waals surface area contributed by atoms with Crippen molar-refractivity contribution < 1.29 is 21.2 Å². The topological polar surface area (TPSA) is 46.2 Å². The van der Waals surface area contributed by atoms with Crippen LogP contribution in [0.5, 0.6) is 0 Å². The molecule has 0 spiro atoms. The Morgan fingerprint density at radius 2 is 0.519 bits per heavy atom. The zero-order valence-corrected chi connectivity index (χ0v) is 45.6. The molecule has 0 heterocycles. The van der Waals surface area contributed by atoms with E-state index in [4.69, 9.17) is 21.2 Å². The Balaban J connectivity index is 6.48. The lowest BCUT2D eigenvalue weighted by atomic mass is 10.1. The summed E-state index contributed by atoms with van der Waals surface area (Å²) < 4.78 is 36.9. The summed E-state index contributed by atoms with van der Waals surface area (Å²) in [5, 5.41) is 0. The molecule has 0 N–H and O–H groups in total. The average Bonchev–Trinajstić information content (AvgIpc) is 3.04. The van der Waals surface area contributed by atoms with Crippen LogP contribution in [0.3, 0.4) is 0 Å². The van der Waals surface area contributed by atoms with Gasteiger partial charge in [-0.2, -0.15) is 0 Å². The maximum absolute atomic E-state index is 8.25. The first-order chi connectivity index (χ1) is 24.9. The highest BCUT2D eigenvalue weighted by atomic mass is 28.5. The molecule has 0 aliphatic heterocycles. The van der Waals surface area contributed by atoms with Crippen molar-refractivity contribution >= 4 is 42.3 Å². The van der Waals surface area contributed by atoms with Crippen LogP contribution in [-0.4, -0.2) is 55.5 Å². The van der Waals surface area contributed by atoms with Gasteiger partial charge >= 0.3 is 17.4 Å². The lowest BCUT2D eigenvalue weighted by Gasteiger charge is -2.56. The van der Waals surface area contributed by atoms with Crippen molar-refractivity contribution in [3.05, 3.63) is 0 Å². The van der Waals surface area contributed by atoms with Gasteiger partial charge in [-0.05, 0) is 82.7 Å². The van der Waals surface area contributed by atoms with Crippen LogP contribution in [0, 0.1) is 0 Å². The van der Waals surface area contributed by atoms with E-state index in [-0.39, 0.29) is 0 Å². The minimum Gasteiger partial charge on any atom is -0.415 e. The van der Waals surface area contributed by atoms with Gasteiger partial charge in [0.25, 0.3) is 0 Å². The highest BCUT2D eigenvalue weighted by molar-refractivity contribution is 6.94. The summed E-state index contributed by atoms with van der Waals surface area (Å²) in [7, 11) is -12.2. The zero-order chi connectivity index (χ0) is 42.1. The minimum absolute atomic E-state index is 0.485. The van der Waals surface area contributed by atoms with Crippen LogP contribution in [-0.2, 0) is 21.2 Å². The molecule has 0 aromatic rings. The van der Waals surface area contributed by atoms with Crippen LogP contribution in [0.4, 0.5) is 0 Å². The molecule has 0 radical (unpaired) electrons. The SMILES string of the molecule is CCO[Si](C)(CCCCCCCCCCCC[Si](O[Si](C(C)C)(C(C)C)C(C)C)(O[Si](C(C)C)(C(C)C)C(C)C)O[Si](C(C)C)(C(C)C)C(C)C)OCC. The summed E-state index contributed by atoms with van der Waals surface area (Å²) in [5.74, 6) is 0. The molecule has 0 aromatic heterocycles. The molecule has 0 fully saturated rings. The highest BCUT2D eigenvalue weighted by Gasteiger charge is 2.63. The van der Waals surface area contributed by atoms with Crippen LogP contribution in [0.25, 0.3) is 0 Å². The molecule has 0 rings (SSSR count). The second kappa shape index (κ2) is 25.5. The normalized spacial score (nSPS) is 14.3.